The van der Waals surface area contributed by atoms with Crippen LogP contribution in [0.4, 0.5) is 10.5 Å². The summed E-state index contributed by atoms with van der Waals surface area (Å²) in [4.78, 5) is 10.9. The quantitative estimate of drug-likeness (QED) is 0.461. The summed E-state index contributed by atoms with van der Waals surface area (Å²) in [5.41, 5.74) is 1.83. The van der Waals surface area contributed by atoms with Crippen LogP contribution in [0.5, 0.6) is 0 Å². The van der Waals surface area contributed by atoms with Crippen molar-refractivity contribution < 1.29 is 4.79 Å². The molecule has 13 heavy (non-hydrogen) atoms. The maximum atomic E-state index is 10.9. The molecule has 3 nitrogen and oxygen atoms in total. The first-order chi connectivity index (χ1) is 6.29. The molecule has 1 heterocycles. The van der Waals surface area contributed by atoms with Crippen molar-refractivity contribution in [3.05, 3.63) is 29.8 Å². The predicted octanol–water partition coefficient (Wildman–Crippen LogP) is 2.39. The van der Waals surface area contributed by atoms with Crippen LogP contribution in [0.2, 0.25) is 0 Å². The fourth-order valence-corrected chi connectivity index (χ4v) is 1.45. The predicted molar refractivity (Wildman–Crippen MR) is 52.4 cm³/mol. The number of benzene rings is 1. The minimum absolute atomic E-state index is 0.580. The normalized spacial score (nSPS) is 14.1. The Morgan fingerprint density at radius 3 is 3.00 bits per heavy atom. The number of carbonyl (C=O) groups is 1. The molecular weight excluding hydrogens is 188 g/mol. The van der Waals surface area contributed by atoms with E-state index < -0.39 is 5.37 Å². The Labute approximate surface area is 80.6 Å². The van der Waals surface area contributed by atoms with Crippen molar-refractivity contribution in [3.63, 3.8) is 0 Å². The molecule has 1 aromatic carbocycles. The van der Waals surface area contributed by atoms with E-state index in [-0.39, 0.29) is 0 Å². The van der Waals surface area contributed by atoms with E-state index in [1.165, 1.54) is 5.01 Å². The van der Waals surface area contributed by atoms with Crippen molar-refractivity contribution in [2.24, 2.45) is 5.10 Å². The van der Waals surface area contributed by atoms with Gasteiger partial charge in [0.25, 0.3) is 0 Å². The van der Waals surface area contributed by atoms with E-state index in [0.29, 0.717) is 0 Å². The van der Waals surface area contributed by atoms with Crippen LogP contribution < -0.4 is 5.01 Å². The van der Waals surface area contributed by atoms with Gasteiger partial charge in [0.1, 0.15) is 0 Å². The molecule has 0 unspecified atom stereocenters. The van der Waals surface area contributed by atoms with Gasteiger partial charge in [-0.15, -0.1) is 0 Å². The van der Waals surface area contributed by atoms with Gasteiger partial charge in [-0.3, -0.25) is 4.79 Å². The zero-order valence-electron chi connectivity index (χ0n) is 6.77. The largest absolute Gasteiger partial charge is 0.341 e. The average Bonchev–Trinajstić information content (AvgIpc) is 2.17. The molecule has 0 saturated heterocycles. The Balaban J connectivity index is 2.48. The first-order valence-corrected chi connectivity index (χ1v) is 4.27. The van der Waals surface area contributed by atoms with Crippen LogP contribution in [0.3, 0.4) is 0 Å². The SMILES string of the molecule is O=C(Cl)N1N=CCc2ccccc21. The second kappa shape index (κ2) is 3.18. The summed E-state index contributed by atoms with van der Waals surface area (Å²) < 4.78 is 0. The molecule has 1 aliphatic rings. The lowest BCUT2D eigenvalue weighted by atomic mass is 10.1. The first kappa shape index (κ1) is 8.26. The number of rotatable bonds is 0. The lowest BCUT2D eigenvalue weighted by Crippen LogP contribution is -2.23. The minimum Gasteiger partial charge on any atom is -0.253 e. The Hall–Kier alpha value is -1.35. The molecule has 0 bridgehead atoms. The van der Waals surface area contributed by atoms with Crippen molar-refractivity contribution in [3.8, 4) is 0 Å². The number of para-hydroxylation sites is 1. The van der Waals surface area contributed by atoms with Gasteiger partial charge in [0, 0.05) is 12.6 Å². The zero-order chi connectivity index (χ0) is 9.26. The van der Waals surface area contributed by atoms with Gasteiger partial charge in [0.2, 0.25) is 0 Å². The number of carbonyl (C=O) groups excluding carboxylic acids is 1. The summed E-state index contributed by atoms with van der Waals surface area (Å²) in [6.45, 7) is 0. The number of hydrogen-bond donors (Lipinski definition) is 0. The molecule has 0 radical (unpaired) electrons. The second-order valence-electron chi connectivity index (χ2n) is 2.70. The summed E-state index contributed by atoms with van der Waals surface area (Å²) in [5, 5.41) is 4.51. The molecule has 1 aromatic rings. The monoisotopic (exact) mass is 194 g/mol. The lowest BCUT2D eigenvalue weighted by Gasteiger charge is -2.20. The maximum absolute atomic E-state index is 10.9. The highest BCUT2D eigenvalue weighted by atomic mass is 35.5. The molecule has 0 aliphatic carbocycles. The third kappa shape index (κ3) is 1.42. The summed E-state index contributed by atoms with van der Waals surface area (Å²) in [5.74, 6) is 0. The fourth-order valence-electron chi connectivity index (χ4n) is 1.31. The zero-order valence-corrected chi connectivity index (χ0v) is 7.53. The highest BCUT2D eigenvalue weighted by Gasteiger charge is 2.17. The number of anilines is 1. The van der Waals surface area contributed by atoms with Crippen LogP contribution in [-0.4, -0.2) is 11.6 Å². The van der Waals surface area contributed by atoms with E-state index in [2.05, 4.69) is 5.10 Å². The highest BCUT2D eigenvalue weighted by molar-refractivity contribution is 6.66. The van der Waals surface area contributed by atoms with Crippen LogP contribution >= 0.6 is 11.6 Å². The third-order valence-electron chi connectivity index (χ3n) is 1.89. The highest BCUT2D eigenvalue weighted by Crippen LogP contribution is 2.24. The summed E-state index contributed by atoms with van der Waals surface area (Å²) in [7, 11) is 0. The van der Waals surface area contributed by atoms with E-state index in [1.54, 1.807) is 6.21 Å². The number of halogens is 1. The molecule has 4 heteroatoms. The molecular formula is C9H7ClN2O. The first-order valence-electron chi connectivity index (χ1n) is 3.89. The molecule has 0 atom stereocenters. The van der Waals surface area contributed by atoms with Crippen molar-refractivity contribution >= 4 is 28.9 Å². The molecule has 1 aliphatic heterocycles. The van der Waals surface area contributed by atoms with Gasteiger partial charge in [0.15, 0.2) is 0 Å². The smallest absolute Gasteiger partial charge is 0.253 e. The number of hydrogen-bond acceptors (Lipinski definition) is 2. The number of nitrogens with zero attached hydrogens (tertiary/aromatic N) is 2. The molecule has 0 spiro atoms. The van der Waals surface area contributed by atoms with E-state index in [9.17, 15) is 4.79 Å². The van der Waals surface area contributed by atoms with Crippen LogP contribution in [0.1, 0.15) is 5.56 Å². The standard InChI is InChI=1S/C9H7ClN2O/c10-9(13)12-8-4-2-1-3-7(8)5-6-11-12/h1-4,6H,5H2. The van der Waals surface area contributed by atoms with E-state index in [0.717, 1.165) is 17.7 Å². The average molecular weight is 195 g/mol. The van der Waals surface area contributed by atoms with E-state index in [1.807, 2.05) is 24.3 Å². The summed E-state index contributed by atoms with van der Waals surface area (Å²) in [6, 6.07) is 7.56. The van der Waals surface area contributed by atoms with Gasteiger partial charge < -0.3 is 0 Å². The van der Waals surface area contributed by atoms with Crippen LogP contribution in [0, 0.1) is 0 Å². The molecule has 1 amide bonds. The van der Waals surface area contributed by atoms with Gasteiger partial charge >= 0.3 is 5.37 Å². The molecule has 0 N–H and O–H groups in total. The van der Waals surface area contributed by atoms with Gasteiger partial charge in [-0.05, 0) is 23.2 Å². The number of amides is 1. The Bertz CT molecular complexity index is 376. The lowest BCUT2D eigenvalue weighted by molar-refractivity contribution is 0.264. The molecule has 0 fully saturated rings. The van der Waals surface area contributed by atoms with Crippen molar-refractivity contribution in [1.29, 1.82) is 0 Å². The van der Waals surface area contributed by atoms with Crippen molar-refractivity contribution in [2.45, 2.75) is 6.42 Å². The molecule has 66 valence electrons. The van der Waals surface area contributed by atoms with Gasteiger partial charge in [-0.25, -0.2) is 0 Å². The van der Waals surface area contributed by atoms with Gasteiger partial charge in [0.05, 0.1) is 5.69 Å². The second-order valence-corrected chi connectivity index (χ2v) is 3.02. The van der Waals surface area contributed by atoms with Crippen LogP contribution in [0.15, 0.2) is 29.4 Å². The van der Waals surface area contributed by atoms with Crippen molar-refractivity contribution in [1.82, 2.24) is 0 Å². The Morgan fingerprint density at radius 1 is 1.46 bits per heavy atom. The number of fused-ring (bicyclic) bond motifs is 1. The van der Waals surface area contributed by atoms with Gasteiger partial charge in [-0.2, -0.15) is 10.1 Å². The maximum Gasteiger partial charge on any atom is 0.341 e. The molecule has 0 saturated carbocycles. The topological polar surface area (TPSA) is 32.7 Å². The van der Waals surface area contributed by atoms with E-state index >= 15 is 0 Å². The van der Waals surface area contributed by atoms with E-state index in [4.69, 9.17) is 11.6 Å². The summed E-state index contributed by atoms with van der Waals surface area (Å²) >= 11 is 5.36. The van der Waals surface area contributed by atoms with Crippen LogP contribution in [0.25, 0.3) is 0 Å². The Morgan fingerprint density at radius 2 is 2.23 bits per heavy atom. The summed E-state index contributed by atoms with van der Waals surface area (Å²) in [6.07, 6.45) is 2.42. The molecule has 0 aromatic heterocycles. The molecule has 2 rings (SSSR count). The minimum atomic E-state index is -0.580. The third-order valence-corrected chi connectivity index (χ3v) is 2.05. The fraction of sp³-hybridized carbons (Fsp3) is 0.111. The number of hydrazone groups is 1. The van der Waals surface area contributed by atoms with Crippen molar-refractivity contribution in [2.75, 3.05) is 5.01 Å². The van der Waals surface area contributed by atoms with Gasteiger partial charge in [-0.1, -0.05) is 18.2 Å². The Kier molecular flexibility index (Phi) is 2.02. The van der Waals surface area contributed by atoms with Crippen LogP contribution in [-0.2, 0) is 6.42 Å².